The number of piperidine rings is 1. The summed E-state index contributed by atoms with van der Waals surface area (Å²) in [7, 11) is 0. The lowest BCUT2D eigenvalue weighted by Crippen LogP contribution is -2.45. The molecule has 1 aromatic heterocycles. The molecule has 1 amide bonds. The zero-order chi connectivity index (χ0) is 19.9. The number of hydrogen-bond donors (Lipinski definition) is 1. The molecule has 0 unspecified atom stereocenters. The number of carbonyl (C=O) groups is 1. The largest absolute Gasteiger partial charge is 0.464 e. The number of nitrogens with one attached hydrogen (secondary N) is 1. The molecule has 156 valence electrons. The van der Waals surface area contributed by atoms with Gasteiger partial charge in [-0.2, -0.15) is 0 Å². The molecule has 1 fully saturated rings. The van der Waals surface area contributed by atoms with Crippen LogP contribution in [-0.4, -0.2) is 36.5 Å². The van der Waals surface area contributed by atoms with Crippen LogP contribution in [0, 0.1) is 0 Å². The minimum absolute atomic E-state index is 0.173. The monoisotopic (exact) mass is 394 g/mol. The average molecular weight is 395 g/mol. The summed E-state index contributed by atoms with van der Waals surface area (Å²) in [6.07, 6.45) is 15.7. The van der Waals surface area contributed by atoms with E-state index < -0.39 is 0 Å². The van der Waals surface area contributed by atoms with Crippen molar-refractivity contribution in [3.05, 3.63) is 47.7 Å². The van der Waals surface area contributed by atoms with Crippen LogP contribution in [0.25, 0.3) is 11.0 Å². The molecule has 29 heavy (non-hydrogen) atoms. The van der Waals surface area contributed by atoms with Crippen molar-refractivity contribution >= 4 is 16.9 Å². The van der Waals surface area contributed by atoms with Gasteiger partial charge >= 0.3 is 0 Å². The van der Waals surface area contributed by atoms with E-state index in [4.69, 9.17) is 4.42 Å². The first-order valence-electron chi connectivity index (χ1n) is 11.4. The Morgan fingerprint density at radius 1 is 1.10 bits per heavy atom. The Morgan fingerprint density at radius 2 is 1.97 bits per heavy atom. The zero-order valence-electron chi connectivity index (χ0n) is 17.5. The van der Waals surface area contributed by atoms with Crippen molar-refractivity contribution in [2.75, 3.05) is 19.6 Å². The SMILES string of the molecule is O=C(CCc1cccc2occc12)NC1CCN(CC2=CCCCCCC2)CC1. The molecule has 4 heteroatoms. The third-order valence-electron chi connectivity index (χ3n) is 6.47. The van der Waals surface area contributed by atoms with E-state index in [1.807, 2.05) is 18.2 Å². The predicted octanol–water partition coefficient (Wildman–Crippen LogP) is 5.23. The first-order chi connectivity index (χ1) is 14.3. The second-order valence-corrected chi connectivity index (χ2v) is 8.68. The molecule has 4 rings (SSSR count). The average Bonchev–Trinajstić information content (AvgIpc) is 3.19. The molecule has 1 aliphatic heterocycles. The molecule has 2 heterocycles. The molecule has 0 atom stereocenters. The Bertz CT molecular complexity index is 830. The zero-order valence-corrected chi connectivity index (χ0v) is 17.5. The molecule has 0 bridgehead atoms. The van der Waals surface area contributed by atoms with Crippen molar-refractivity contribution in [1.29, 1.82) is 0 Å². The second kappa shape index (κ2) is 10.1. The topological polar surface area (TPSA) is 45.5 Å². The van der Waals surface area contributed by atoms with Crippen molar-refractivity contribution in [2.24, 2.45) is 0 Å². The third kappa shape index (κ3) is 5.72. The van der Waals surface area contributed by atoms with E-state index >= 15 is 0 Å². The Hall–Kier alpha value is -2.07. The summed E-state index contributed by atoms with van der Waals surface area (Å²) in [6.45, 7) is 3.32. The van der Waals surface area contributed by atoms with E-state index in [0.29, 0.717) is 12.5 Å². The van der Waals surface area contributed by atoms with Gasteiger partial charge in [-0.25, -0.2) is 0 Å². The summed E-state index contributed by atoms with van der Waals surface area (Å²) >= 11 is 0. The summed E-state index contributed by atoms with van der Waals surface area (Å²) < 4.78 is 5.46. The first kappa shape index (κ1) is 20.2. The lowest BCUT2D eigenvalue weighted by Gasteiger charge is -2.33. The van der Waals surface area contributed by atoms with Gasteiger partial charge in [-0.1, -0.05) is 36.6 Å². The van der Waals surface area contributed by atoms with Gasteiger partial charge in [0.05, 0.1) is 6.26 Å². The van der Waals surface area contributed by atoms with Gasteiger partial charge in [0.2, 0.25) is 5.91 Å². The second-order valence-electron chi connectivity index (χ2n) is 8.68. The highest BCUT2D eigenvalue weighted by atomic mass is 16.3. The third-order valence-corrected chi connectivity index (χ3v) is 6.47. The Morgan fingerprint density at radius 3 is 2.86 bits per heavy atom. The van der Waals surface area contributed by atoms with Crippen molar-refractivity contribution in [3.8, 4) is 0 Å². The maximum Gasteiger partial charge on any atom is 0.220 e. The van der Waals surface area contributed by atoms with E-state index in [2.05, 4.69) is 22.4 Å². The summed E-state index contributed by atoms with van der Waals surface area (Å²) in [5.74, 6) is 0.173. The maximum atomic E-state index is 12.5. The van der Waals surface area contributed by atoms with Gasteiger partial charge in [-0.3, -0.25) is 9.69 Å². The fourth-order valence-electron chi connectivity index (χ4n) is 4.75. The predicted molar refractivity (Wildman–Crippen MR) is 118 cm³/mol. The first-order valence-corrected chi connectivity index (χ1v) is 11.4. The van der Waals surface area contributed by atoms with Crippen LogP contribution < -0.4 is 5.32 Å². The lowest BCUT2D eigenvalue weighted by molar-refractivity contribution is -0.122. The Kier molecular flexibility index (Phi) is 7.04. The van der Waals surface area contributed by atoms with Crippen molar-refractivity contribution in [1.82, 2.24) is 10.2 Å². The van der Waals surface area contributed by atoms with Gasteiger partial charge in [-0.05, 0) is 62.6 Å². The van der Waals surface area contributed by atoms with E-state index in [0.717, 1.165) is 49.9 Å². The molecule has 0 saturated carbocycles. The van der Waals surface area contributed by atoms with Crippen LogP contribution in [0.15, 0.2) is 46.6 Å². The number of furan rings is 1. The quantitative estimate of drug-likeness (QED) is 0.683. The number of hydrogen-bond acceptors (Lipinski definition) is 3. The molecule has 1 aliphatic carbocycles. The molecule has 1 aromatic carbocycles. The summed E-state index contributed by atoms with van der Waals surface area (Å²) in [5.41, 5.74) is 3.73. The molecular formula is C25H34N2O2. The Labute approximate surface area is 174 Å². The highest BCUT2D eigenvalue weighted by molar-refractivity contribution is 5.82. The van der Waals surface area contributed by atoms with Crippen LogP contribution in [0.2, 0.25) is 0 Å². The summed E-state index contributed by atoms with van der Waals surface area (Å²) in [5, 5.41) is 4.39. The van der Waals surface area contributed by atoms with E-state index in [-0.39, 0.29) is 5.91 Å². The molecular weight excluding hydrogens is 360 g/mol. The van der Waals surface area contributed by atoms with Crippen molar-refractivity contribution in [2.45, 2.75) is 70.3 Å². The van der Waals surface area contributed by atoms with Gasteiger partial charge in [0.15, 0.2) is 0 Å². The molecule has 2 aromatic rings. The highest BCUT2D eigenvalue weighted by Crippen LogP contribution is 2.22. The fraction of sp³-hybridized carbons (Fsp3) is 0.560. The molecule has 0 spiro atoms. The van der Waals surface area contributed by atoms with Crippen LogP contribution in [0.4, 0.5) is 0 Å². The van der Waals surface area contributed by atoms with E-state index in [1.165, 1.54) is 44.1 Å². The number of carbonyl (C=O) groups excluding carboxylic acids is 1. The number of fused-ring (bicyclic) bond motifs is 1. The maximum absolute atomic E-state index is 12.5. The highest BCUT2D eigenvalue weighted by Gasteiger charge is 2.21. The number of likely N-dealkylation sites (tertiary alicyclic amines) is 1. The molecule has 4 nitrogen and oxygen atoms in total. The number of nitrogens with zero attached hydrogens (tertiary/aromatic N) is 1. The minimum Gasteiger partial charge on any atom is -0.464 e. The minimum atomic E-state index is 0.173. The fourth-order valence-corrected chi connectivity index (χ4v) is 4.75. The summed E-state index contributed by atoms with van der Waals surface area (Å²) in [6, 6.07) is 8.38. The normalized spacial score (nSPS) is 19.5. The molecule has 0 radical (unpaired) electrons. The van der Waals surface area contributed by atoms with Crippen LogP contribution in [-0.2, 0) is 11.2 Å². The Balaban J connectivity index is 1.19. The van der Waals surface area contributed by atoms with Crippen LogP contribution in [0.5, 0.6) is 0 Å². The van der Waals surface area contributed by atoms with Crippen LogP contribution in [0.1, 0.15) is 63.4 Å². The van der Waals surface area contributed by atoms with E-state index in [1.54, 1.807) is 11.8 Å². The molecule has 1 saturated heterocycles. The number of amides is 1. The number of benzene rings is 1. The van der Waals surface area contributed by atoms with Crippen molar-refractivity contribution < 1.29 is 9.21 Å². The lowest BCUT2D eigenvalue weighted by atomic mass is 9.98. The van der Waals surface area contributed by atoms with Crippen molar-refractivity contribution in [3.63, 3.8) is 0 Å². The van der Waals surface area contributed by atoms with Gasteiger partial charge in [0.25, 0.3) is 0 Å². The van der Waals surface area contributed by atoms with Crippen LogP contribution >= 0.6 is 0 Å². The number of rotatable bonds is 6. The number of allylic oxidation sites excluding steroid dienone is 1. The van der Waals surface area contributed by atoms with Gasteiger partial charge in [0.1, 0.15) is 5.58 Å². The molecule has 1 N–H and O–H groups in total. The van der Waals surface area contributed by atoms with E-state index in [9.17, 15) is 4.79 Å². The molecule has 2 aliphatic rings. The van der Waals surface area contributed by atoms with Crippen LogP contribution in [0.3, 0.4) is 0 Å². The smallest absolute Gasteiger partial charge is 0.220 e. The number of aryl methyl sites for hydroxylation is 1. The van der Waals surface area contributed by atoms with Gasteiger partial charge in [-0.15, -0.1) is 0 Å². The van der Waals surface area contributed by atoms with Gasteiger partial charge < -0.3 is 9.73 Å². The standard InChI is InChI=1S/C25H34N2O2/c28-25(12-11-21-9-6-10-24-23(21)15-18-29-24)26-22-13-16-27(17-14-22)19-20-7-4-2-1-3-5-8-20/h6-7,9-10,15,18,22H,1-5,8,11-14,16-17,19H2,(H,26,28). The van der Waals surface area contributed by atoms with Gasteiger partial charge in [0, 0.05) is 37.5 Å². The summed E-state index contributed by atoms with van der Waals surface area (Å²) in [4.78, 5) is 15.0.